The second-order valence-corrected chi connectivity index (χ2v) is 7.77. The number of aryl methyl sites for hydroxylation is 1. The van der Waals surface area contributed by atoms with Crippen molar-refractivity contribution < 1.29 is 14.0 Å². The van der Waals surface area contributed by atoms with Gasteiger partial charge in [0.1, 0.15) is 12.1 Å². The molecule has 0 bridgehead atoms. The van der Waals surface area contributed by atoms with Gasteiger partial charge in [0.15, 0.2) is 5.13 Å². The number of benzene rings is 2. The number of thiazole rings is 1. The highest BCUT2D eigenvalue weighted by atomic mass is 32.1. The second kappa shape index (κ2) is 9.49. The number of anilines is 3. The molecule has 0 unspecified atom stereocenters. The van der Waals surface area contributed by atoms with Crippen LogP contribution >= 0.6 is 11.3 Å². The molecule has 4 rings (SSSR count). The van der Waals surface area contributed by atoms with Crippen molar-refractivity contribution in [1.29, 1.82) is 0 Å². The topological polar surface area (TPSA) is 106 Å². The summed E-state index contributed by atoms with van der Waals surface area (Å²) in [5, 5.41) is 15.9. The molecule has 0 fully saturated rings. The SMILES string of the molecule is CC(=O)N(c1nc(/C=C/C(=O)Nc2cc(-n3cnnn3)ccc2C)cs1)c1ccccc1F. The number of carbonyl (C=O) groups excluding carboxylic acids is 2. The Morgan fingerprint density at radius 3 is 2.76 bits per heavy atom. The van der Waals surface area contributed by atoms with Gasteiger partial charge in [-0.15, -0.1) is 16.4 Å². The van der Waals surface area contributed by atoms with Crippen molar-refractivity contribution in [2.24, 2.45) is 0 Å². The molecule has 0 radical (unpaired) electrons. The van der Waals surface area contributed by atoms with Crippen LogP contribution < -0.4 is 10.2 Å². The summed E-state index contributed by atoms with van der Waals surface area (Å²) in [7, 11) is 0. The molecule has 11 heteroatoms. The summed E-state index contributed by atoms with van der Waals surface area (Å²) >= 11 is 1.17. The fourth-order valence-corrected chi connectivity index (χ4v) is 3.85. The van der Waals surface area contributed by atoms with Gasteiger partial charge >= 0.3 is 0 Å². The molecule has 0 saturated heterocycles. The highest BCUT2D eigenvalue weighted by molar-refractivity contribution is 7.14. The number of carbonyl (C=O) groups is 2. The summed E-state index contributed by atoms with van der Waals surface area (Å²) in [6.07, 6.45) is 4.32. The van der Waals surface area contributed by atoms with E-state index in [1.807, 2.05) is 19.1 Å². The van der Waals surface area contributed by atoms with E-state index in [-0.39, 0.29) is 17.5 Å². The fraction of sp³-hybridized carbons (Fsp3) is 0.0909. The first-order chi connectivity index (χ1) is 15.9. The number of nitrogens with zero attached hydrogens (tertiary/aromatic N) is 6. The number of halogens is 1. The van der Waals surface area contributed by atoms with E-state index in [1.54, 1.807) is 23.6 Å². The number of hydrogen-bond acceptors (Lipinski definition) is 7. The Morgan fingerprint density at radius 2 is 2.03 bits per heavy atom. The van der Waals surface area contributed by atoms with Gasteiger partial charge in [-0.1, -0.05) is 18.2 Å². The predicted molar refractivity (Wildman–Crippen MR) is 123 cm³/mol. The molecule has 2 amide bonds. The van der Waals surface area contributed by atoms with Gasteiger partial charge in [-0.25, -0.2) is 14.1 Å². The van der Waals surface area contributed by atoms with Crippen LogP contribution in [0.3, 0.4) is 0 Å². The maximum Gasteiger partial charge on any atom is 0.248 e. The van der Waals surface area contributed by atoms with Gasteiger partial charge in [0.2, 0.25) is 11.8 Å². The summed E-state index contributed by atoms with van der Waals surface area (Å²) < 4.78 is 15.7. The van der Waals surface area contributed by atoms with Crippen LogP contribution in [0.2, 0.25) is 0 Å². The van der Waals surface area contributed by atoms with Crippen molar-refractivity contribution in [1.82, 2.24) is 25.2 Å². The first-order valence-electron chi connectivity index (χ1n) is 9.76. The van der Waals surface area contributed by atoms with Crippen LogP contribution in [0.15, 0.2) is 60.2 Å². The zero-order valence-electron chi connectivity index (χ0n) is 17.6. The van der Waals surface area contributed by atoms with E-state index in [2.05, 4.69) is 25.8 Å². The summed E-state index contributed by atoms with van der Waals surface area (Å²) in [6, 6.07) is 11.4. The first kappa shape index (κ1) is 22.0. The molecule has 4 aromatic rings. The number of rotatable bonds is 6. The van der Waals surface area contributed by atoms with Crippen molar-refractivity contribution in [2.75, 3.05) is 10.2 Å². The number of para-hydroxylation sites is 1. The van der Waals surface area contributed by atoms with Crippen LogP contribution in [0.4, 0.5) is 20.9 Å². The van der Waals surface area contributed by atoms with E-state index < -0.39 is 5.82 Å². The zero-order chi connectivity index (χ0) is 23.4. The molecule has 0 spiro atoms. The summed E-state index contributed by atoms with van der Waals surface area (Å²) in [6.45, 7) is 3.21. The summed E-state index contributed by atoms with van der Waals surface area (Å²) in [4.78, 5) is 30.2. The number of nitrogens with one attached hydrogen (secondary N) is 1. The highest BCUT2D eigenvalue weighted by Crippen LogP contribution is 2.31. The Balaban J connectivity index is 1.49. The van der Waals surface area contributed by atoms with Crippen molar-refractivity contribution in [3.8, 4) is 5.69 Å². The maximum absolute atomic E-state index is 14.2. The molecule has 2 heterocycles. The Labute approximate surface area is 192 Å². The third kappa shape index (κ3) is 4.99. The molecular formula is C22H18FN7O2S. The Hall–Kier alpha value is -4.25. The Morgan fingerprint density at radius 1 is 1.21 bits per heavy atom. The molecule has 0 aliphatic heterocycles. The maximum atomic E-state index is 14.2. The van der Waals surface area contributed by atoms with Crippen molar-refractivity contribution in [3.05, 3.63) is 77.3 Å². The Kier molecular flexibility index (Phi) is 6.31. The number of aromatic nitrogens is 5. The van der Waals surface area contributed by atoms with Crippen LogP contribution in [0.25, 0.3) is 11.8 Å². The van der Waals surface area contributed by atoms with Gasteiger partial charge < -0.3 is 5.32 Å². The van der Waals surface area contributed by atoms with Gasteiger partial charge in [0.05, 0.1) is 17.1 Å². The average Bonchev–Trinajstić information content (AvgIpc) is 3.48. The molecule has 0 aliphatic rings. The second-order valence-electron chi connectivity index (χ2n) is 6.94. The van der Waals surface area contributed by atoms with Crippen molar-refractivity contribution >= 4 is 45.7 Å². The lowest BCUT2D eigenvalue weighted by atomic mass is 10.2. The molecule has 0 saturated carbocycles. The standard InChI is InChI=1S/C22H18FN7O2S/c1-14-7-9-17(29-13-24-27-28-29)11-19(14)26-21(32)10-8-16-12-33-22(25-16)30(15(2)31)20-6-4-3-5-18(20)23/h3-13H,1-2H3,(H,26,32)/b10-8+. The predicted octanol–water partition coefficient (Wildman–Crippen LogP) is 3.90. The molecule has 0 aliphatic carbocycles. The zero-order valence-corrected chi connectivity index (χ0v) is 18.5. The van der Waals surface area contributed by atoms with Crippen LogP contribution in [0.1, 0.15) is 18.2 Å². The van der Waals surface area contributed by atoms with E-state index >= 15 is 0 Å². The molecule has 9 nitrogen and oxygen atoms in total. The number of hydrogen-bond donors (Lipinski definition) is 1. The van der Waals surface area contributed by atoms with Crippen LogP contribution in [-0.4, -0.2) is 37.0 Å². The van der Waals surface area contributed by atoms with Crippen LogP contribution in [0.5, 0.6) is 0 Å². The largest absolute Gasteiger partial charge is 0.322 e. The molecule has 1 N–H and O–H groups in total. The van der Waals surface area contributed by atoms with Gasteiger partial charge in [-0.05, 0) is 53.3 Å². The van der Waals surface area contributed by atoms with E-state index in [1.165, 1.54) is 58.5 Å². The summed E-state index contributed by atoms with van der Waals surface area (Å²) in [5.74, 6) is -1.27. The van der Waals surface area contributed by atoms with E-state index in [0.29, 0.717) is 22.2 Å². The van der Waals surface area contributed by atoms with E-state index in [9.17, 15) is 14.0 Å². The third-order valence-corrected chi connectivity index (χ3v) is 5.45. The molecule has 2 aromatic carbocycles. The monoisotopic (exact) mass is 463 g/mol. The minimum atomic E-state index is -0.529. The molecular weight excluding hydrogens is 445 g/mol. The lowest BCUT2D eigenvalue weighted by Gasteiger charge is -2.18. The smallest absolute Gasteiger partial charge is 0.248 e. The Bertz CT molecular complexity index is 1330. The third-order valence-electron chi connectivity index (χ3n) is 4.61. The van der Waals surface area contributed by atoms with Gasteiger partial charge in [-0.3, -0.25) is 14.5 Å². The van der Waals surface area contributed by atoms with Crippen molar-refractivity contribution in [3.63, 3.8) is 0 Å². The van der Waals surface area contributed by atoms with Crippen LogP contribution in [0, 0.1) is 12.7 Å². The molecule has 2 aromatic heterocycles. The molecule has 33 heavy (non-hydrogen) atoms. The van der Waals surface area contributed by atoms with Gasteiger partial charge in [0, 0.05) is 24.1 Å². The molecule has 166 valence electrons. The number of tetrazole rings is 1. The average molecular weight is 463 g/mol. The lowest BCUT2D eigenvalue weighted by molar-refractivity contribution is -0.116. The van der Waals surface area contributed by atoms with Gasteiger partial charge in [-0.2, -0.15) is 0 Å². The first-order valence-corrected chi connectivity index (χ1v) is 10.6. The fourth-order valence-electron chi connectivity index (χ4n) is 3.00. The summed E-state index contributed by atoms with van der Waals surface area (Å²) in [5.41, 5.74) is 2.76. The van der Waals surface area contributed by atoms with Crippen LogP contribution in [-0.2, 0) is 9.59 Å². The van der Waals surface area contributed by atoms with Crippen molar-refractivity contribution in [2.45, 2.75) is 13.8 Å². The van der Waals surface area contributed by atoms with E-state index in [0.717, 1.165) is 5.56 Å². The van der Waals surface area contributed by atoms with Gasteiger partial charge in [0.25, 0.3) is 0 Å². The molecule has 0 atom stereocenters. The quantitative estimate of drug-likeness (QED) is 0.435. The normalized spacial score (nSPS) is 11.0. The lowest BCUT2D eigenvalue weighted by Crippen LogP contribution is -2.23. The highest BCUT2D eigenvalue weighted by Gasteiger charge is 2.20. The minimum Gasteiger partial charge on any atom is -0.322 e. The van der Waals surface area contributed by atoms with E-state index in [4.69, 9.17) is 0 Å². The minimum absolute atomic E-state index is 0.116. The number of amides is 2.